The van der Waals surface area contributed by atoms with E-state index < -0.39 is 27.8 Å². The van der Waals surface area contributed by atoms with Crippen LogP contribution in [0.2, 0.25) is 0 Å². The molecule has 122 valence electrons. The van der Waals surface area contributed by atoms with Gasteiger partial charge in [0.15, 0.2) is 0 Å². The number of halogens is 1. The minimum absolute atomic E-state index is 0.118. The molecule has 8 heteroatoms. The highest BCUT2D eigenvalue weighted by Gasteiger charge is 2.22. The first-order valence-corrected chi connectivity index (χ1v) is 8.29. The molecule has 2 N–H and O–H groups in total. The number of rotatable bonds is 5. The van der Waals surface area contributed by atoms with Crippen molar-refractivity contribution in [3.63, 3.8) is 0 Å². The van der Waals surface area contributed by atoms with Gasteiger partial charge in [-0.05, 0) is 50.2 Å². The van der Waals surface area contributed by atoms with Crippen molar-refractivity contribution in [2.24, 2.45) is 0 Å². The molecule has 1 aromatic carbocycles. The quantitative estimate of drug-likeness (QED) is 0.871. The first-order valence-electron chi connectivity index (χ1n) is 6.80. The van der Waals surface area contributed by atoms with Gasteiger partial charge in [0.1, 0.15) is 11.6 Å². The molecule has 1 aromatic heterocycles. The number of benzene rings is 1. The number of hydrogen-bond donors (Lipinski definition) is 2. The van der Waals surface area contributed by atoms with Crippen LogP contribution in [0.1, 0.15) is 12.6 Å². The lowest BCUT2D eigenvalue weighted by Gasteiger charge is -2.14. The van der Waals surface area contributed by atoms with E-state index in [0.29, 0.717) is 5.82 Å². The van der Waals surface area contributed by atoms with Crippen molar-refractivity contribution in [2.45, 2.75) is 24.8 Å². The molecule has 6 nitrogen and oxygen atoms in total. The number of pyridine rings is 1. The van der Waals surface area contributed by atoms with Crippen LogP contribution >= 0.6 is 0 Å². The number of aromatic nitrogens is 1. The minimum Gasteiger partial charge on any atom is -0.309 e. The van der Waals surface area contributed by atoms with Crippen LogP contribution in [-0.4, -0.2) is 25.4 Å². The smallest absolute Gasteiger partial charge is 0.243 e. The van der Waals surface area contributed by atoms with Crippen molar-refractivity contribution >= 4 is 21.7 Å². The molecule has 2 aromatic rings. The normalized spacial score (nSPS) is 12.7. The average molecular weight is 337 g/mol. The SMILES string of the molecule is Cc1cccc(NC(=O)[C@H](C)NS(=O)(=O)c2ccc(F)cc2)n1. The molecule has 0 aliphatic heterocycles. The Kier molecular flexibility index (Phi) is 5.07. The van der Waals surface area contributed by atoms with E-state index in [4.69, 9.17) is 0 Å². The van der Waals surface area contributed by atoms with E-state index in [2.05, 4.69) is 15.0 Å². The van der Waals surface area contributed by atoms with E-state index in [1.807, 2.05) is 0 Å². The topological polar surface area (TPSA) is 88.2 Å². The molecule has 1 heterocycles. The van der Waals surface area contributed by atoms with Crippen LogP contribution < -0.4 is 10.0 Å². The molecule has 0 bridgehead atoms. The average Bonchev–Trinajstić information content (AvgIpc) is 2.47. The van der Waals surface area contributed by atoms with Crippen LogP contribution in [0.5, 0.6) is 0 Å². The molecular formula is C15H16FN3O3S. The first kappa shape index (κ1) is 17.0. The lowest BCUT2D eigenvalue weighted by atomic mass is 10.3. The lowest BCUT2D eigenvalue weighted by molar-refractivity contribution is -0.117. The molecule has 0 saturated heterocycles. The van der Waals surface area contributed by atoms with Crippen molar-refractivity contribution < 1.29 is 17.6 Å². The van der Waals surface area contributed by atoms with Crippen LogP contribution in [-0.2, 0) is 14.8 Å². The van der Waals surface area contributed by atoms with Gasteiger partial charge in [0, 0.05) is 5.69 Å². The summed E-state index contributed by atoms with van der Waals surface area (Å²) in [7, 11) is -3.92. The van der Waals surface area contributed by atoms with Crippen LogP contribution in [0, 0.1) is 12.7 Å². The predicted octanol–water partition coefficient (Wildman–Crippen LogP) is 1.83. The number of nitrogens with one attached hydrogen (secondary N) is 2. The Morgan fingerprint density at radius 2 is 1.83 bits per heavy atom. The van der Waals surface area contributed by atoms with Crippen LogP contribution in [0.3, 0.4) is 0 Å². The largest absolute Gasteiger partial charge is 0.309 e. The Morgan fingerprint density at radius 3 is 2.43 bits per heavy atom. The Labute approximate surface area is 133 Å². The zero-order valence-corrected chi connectivity index (χ0v) is 13.4. The number of carbonyl (C=O) groups is 1. The van der Waals surface area contributed by atoms with Gasteiger partial charge in [0.25, 0.3) is 0 Å². The van der Waals surface area contributed by atoms with Crippen LogP contribution in [0.4, 0.5) is 10.2 Å². The summed E-state index contributed by atoms with van der Waals surface area (Å²) in [4.78, 5) is 16.0. The van der Waals surface area contributed by atoms with E-state index in [9.17, 15) is 17.6 Å². The van der Waals surface area contributed by atoms with Gasteiger partial charge in [-0.15, -0.1) is 0 Å². The lowest BCUT2D eigenvalue weighted by Crippen LogP contribution is -2.41. The summed E-state index contributed by atoms with van der Waals surface area (Å²) < 4.78 is 39.4. The van der Waals surface area contributed by atoms with E-state index in [-0.39, 0.29) is 4.90 Å². The highest BCUT2D eigenvalue weighted by Crippen LogP contribution is 2.11. The van der Waals surface area contributed by atoms with Gasteiger partial charge >= 0.3 is 0 Å². The maximum absolute atomic E-state index is 12.9. The summed E-state index contributed by atoms with van der Waals surface area (Å²) in [6, 6.07) is 8.42. The third-order valence-electron chi connectivity index (χ3n) is 2.99. The zero-order valence-electron chi connectivity index (χ0n) is 12.6. The van der Waals surface area contributed by atoms with Crippen molar-refractivity contribution in [3.8, 4) is 0 Å². The van der Waals surface area contributed by atoms with Gasteiger partial charge in [-0.3, -0.25) is 4.79 Å². The highest BCUT2D eigenvalue weighted by molar-refractivity contribution is 7.89. The maximum atomic E-state index is 12.9. The molecule has 0 spiro atoms. The molecule has 0 aliphatic rings. The molecule has 2 rings (SSSR count). The second kappa shape index (κ2) is 6.84. The van der Waals surface area contributed by atoms with Crippen LogP contribution in [0.15, 0.2) is 47.4 Å². The second-order valence-corrected chi connectivity index (χ2v) is 6.66. The molecule has 0 radical (unpaired) electrons. The Morgan fingerprint density at radius 1 is 1.17 bits per heavy atom. The van der Waals surface area contributed by atoms with Gasteiger partial charge in [0.2, 0.25) is 15.9 Å². The molecule has 0 fully saturated rings. The summed E-state index contributed by atoms with van der Waals surface area (Å²) in [5.74, 6) is -0.753. The second-order valence-electron chi connectivity index (χ2n) is 4.95. The molecule has 23 heavy (non-hydrogen) atoms. The number of aryl methyl sites for hydroxylation is 1. The fourth-order valence-electron chi connectivity index (χ4n) is 1.82. The number of nitrogens with zero attached hydrogens (tertiary/aromatic N) is 1. The highest BCUT2D eigenvalue weighted by atomic mass is 32.2. The summed E-state index contributed by atoms with van der Waals surface area (Å²) in [6.45, 7) is 3.18. The predicted molar refractivity (Wildman–Crippen MR) is 83.8 cm³/mol. The molecule has 0 saturated carbocycles. The van der Waals surface area contributed by atoms with E-state index in [1.165, 1.54) is 6.92 Å². The zero-order chi connectivity index (χ0) is 17.0. The maximum Gasteiger partial charge on any atom is 0.243 e. The first-order chi connectivity index (χ1) is 10.8. The third-order valence-corrected chi connectivity index (χ3v) is 4.55. The van der Waals surface area contributed by atoms with Gasteiger partial charge in [-0.25, -0.2) is 17.8 Å². The standard InChI is InChI=1S/C15H16FN3O3S/c1-10-4-3-5-14(17-10)18-15(20)11(2)19-23(21,22)13-8-6-12(16)7-9-13/h3-9,11,19H,1-2H3,(H,17,18,20)/t11-/m0/s1. The van der Waals surface area contributed by atoms with Gasteiger partial charge in [-0.2, -0.15) is 4.72 Å². The van der Waals surface area contributed by atoms with Crippen molar-refractivity contribution in [1.29, 1.82) is 0 Å². The fraction of sp³-hybridized carbons (Fsp3) is 0.200. The van der Waals surface area contributed by atoms with Crippen molar-refractivity contribution in [1.82, 2.24) is 9.71 Å². The molecular weight excluding hydrogens is 321 g/mol. The number of carbonyl (C=O) groups excluding carboxylic acids is 1. The molecule has 1 amide bonds. The Bertz CT molecular complexity index is 807. The van der Waals surface area contributed by atoms with E-state index >= 15 is 0 Å². The number of hydrogen-bond acceptors (Lipinski definition) is 4. The summed E-state index contributed by atoms with van der Waals surface area (Å²) in [6.07, 6.45) is 0. The molecule has 0 aliphatic carbocycles. The monoisotopic (exact) mass is 337 g/mol. The van der Waals surface area contributed by atoms with E-state index in [0.717, 1.165) is 30.0 Å². The van der Waals surface area contributed by atoms with Crippen molar-refractivity contribution in [2.75, 3.05) is 5.32 Å². The fourth-order valence-corrected chi connectivity index (χ4v) is 3.02. The third kappa shape index (κ3) is 4.57. The van der Waals surface area contributed by atoms with Gasteiger partial charge < -0.3 is 5.32 Å². The number of amides is 1. The van der Waals surface area contributed by atoms with Crippen molar-refractivity contribution in [3.05, 3.63) is 54.0 Å². The Hall–Kier alpha value is -2.32. The van der Waals surface area contributed by atoms with Gasteiger partial charge in [0.05, 0.1) is 10.9 Å². The molecule has 0 unspecified atom stereocenters. The van der Waals surface area contributed by atoms with Gasteiger partial charge in [-0.1, -0.05) is 6.07 Å². The Balaban J connectivity index is 2.06. The number of anilines is 1. The molecule has 1 atom stereocenters. The van der Waals surface area contributed by atoms with Crippen LogP contribution in [0.25, 0.3) is 0 Å². The summed E-state index contributed by atoms with van der Waals surface area (Å²) in [5, 5.41) is 2.53. The minimum atomic E-state index is -3.92. The summed E-state index contributed by atoms with van der Waals surface area (Å²) in [5.41, 5.74) is 0.724. The number of sulfonamides is 1. The summed E-state index contributed by atoms with van der Waals surface area (Å²) >= 11 is 0. The van der Waals surface area contributed by atoms with E-state index in [1.54, 1.807) is 25.1 Å².